The summed E-state index contributed by atoms with van der Waals surface area (Å²) in [5.74, 6) is -0.155. The van der Waals surface area contributed by atoms with Crippen LogP contribution in [0.1, 0.15) is 31.4 Å². The Morgan fingerprint density at radius 1 is 1.15 bits per heavy atom. The molecule has 2 N–H and O–H groups in total. The standard InChI is InChI=1S/C20H22BrN3O3/c1-13(2)27-18-9-6-15(10-17(18)21)12-22-24-20(26)11-19(25)23-16-7-4-14(3)5-8-16/h4-10,12-13H,11H2,1-3H3,(H,23,25)(H,24,26). The van der Waals surface area contributed by atoms with Crippen molar-refractivity contribution in [3.63, 3.8) is 0 Å². The number of halogens is 1. The average Bonchev–Trinajstić information content (AvgIpc) is 2.59. The Morgan fingerprint density at radius 3 is 2.48 bits per heavy atom. The van der Waals surface area contributed by atoms with E-state index in [4.69, 9.17) is 4.74 Å². The van der Waals surface area contributed by atoms with Gasteiger partial charge in [-0.3, -0.25) is 9.59 Å². The van der Waals surface area contributed by atoms with Crippen molar-refractivity contribution >= 4 is 39.6 Å². The van der Waals surface area contributed by atoms with Crippen molar-refractivity contribution in [3.05, 3.63) is 58.1 Å². The van der Waals surface area contributed by atoms with Crippen LogP contribution < -0.4 is 15.5 Å². The van der Waals surface area contributed by atoms with Gasteiger partial charge in [-0.2, -0.15) is 5.10 Å². The van der Waals surface area contributed by atoms with Gasteiger partial charge in [-0.05, 0) is 72.6 Å². The molecule has 0 unspecified atom stereocenters. The Bertz CT molecular complexity index is 833. The Labute approximate surface area is 167 Å². The summed E-state index contributed by atoms with van der Waals surface area (Å²) in [6.45, 7) is 5.86. The van der Waals surface area contributed by atoms with Crippen LogP contribution in [0, 0.1) is 6.92 Å². The number of anilines is 1. The first-order valence-corrected chi connectivity index (χ1v) is 9.27. The highest BCUT2D eigenvalue weighted by Gasteiger charge is 2.09. The summed E-state index contributed by atoms with van der Waals surface area (Å²) >= 11 is 3.44. The zero-order valence-corrected chi connectivity index (χ0v) is 17.0. The molecule has 0 atom stereocenters. The van der Waals surface area contributed by atoms with E-state index in [2.05, 4.69) is 31.8 Å². The fraction of sp³-hybridized carbons (Fsp3) is 0.250. The van der Waals surface area contributed by atoms with E-state index in [-0.39, 0.29) is 12.5 Å². The highest BCUT2D eigenvalue weighted by Crippen LogP contribution is 2.26. The van der Waals surface area contributed by atoms with Crippen molar-refractivity contribution in [1.29, 1.82) is 0 Å². The third-order valence-electron chi connectivity index (χ3n) is 3.38. The molecule has 142 valence electrons. The van der Waals surface area contributed by atoms with Crippen molar-refractivity contribution in [2.45, 2.75) is 33.3 Å². The first-order chi connectivity index (χ1) is 12.8. The van der Waals surface area contributed by atoms with Crippen LogP contribution in [0.4, 0.5) is 5.69 Å². The second kappa shape index (κ2) is 9.87. The lowest BCUT2D eigenvalue weighted by atomic mass is 10.2. The first kappa shape index (κ1) is 20.6. The molecule has 0 heterocycles. The normalized spacial score (nSPS) is 10.9. The minimum absolute atomic E-state index is 0.0751. The molecule has 0 spiro atoms. The molecule has 7 heteroatoms. The minimum atomic E-state index is -0.491. The summed E-state index contributed by atoms with van der Waals surface area (Å²) in [5.41, 5.74) is 4.87. The predicted octanol–water partition coefficient (Wildman–Crippen LogP) is 4.02. The van der Waals surface area contributed by atoms with Crippen LogP contribution in [0.15, 0.2) is 52.0 Å². The van der Waals surface area contributed by atoms with E-state index >= 15 is 0 Å². The van der Waals surface area contributed by atoms with Gasteiger partial charge >= 0.3 is 0 Å². The zero-order valence-electron chi connectivity index (χ0n) is 15.5. The Hall–Kier alpha value is -2.67. The number of ether oxygens (including phenoxy) is 1. The van der Waals surface area contributed by atoms with E-state index in [9.17, 15) is 9.59 Å². The zero-order chi connectivity index (χ0) is 19.8. The molecule has 0 aromatic heterocycles. The molecule has 2 aromatic rings. The highest BCUT2D eigenvalue weighted by atomic mass is 79.9. The van der Waals surface area contributed by atoms with Crippen LogP contribution in [0.25, 0.3) is 0 Å². The smallest absolute Gasteiger partial charge is 0.249 e. The van der Waals surface area contributed by atoms with Crippen LogP contribution in [-0.2, 0) is 9.59 Å². The van der Waals surface area contributed by atoms with Gasteiger partial charge in [-0.15, -0.1) is 0 Å². The van der Waals surface area contributed by atoms with Crippen molar-refractivity contribution in [2.75, 3.05) is 5.32 Å². The first-order valence-electron chi connectivity index (χ1n) is 8.48. The van der Waals surface area contributed by atoms with Crippen LogP contribution in [0.3, 0.4) is 0 Å². The van der Waals surface area contributed by atoms with Gasteiger partial charge in [0, 0.05) is 5.69 Å². The number of nitrogens with one attached hydrogen (secondary N) is 2. The molecule has 0 saturated carbocycles. The van der Waals surface area contributed by atoms with Gasteiger partial charge in [0.05, 0.1) is 16.8 Å². The third kappa shape index (κ3) is 7.22. The van der Waals surface area contributed by atoms with Crippen LogP contribution in [-0.4, -0.2) is 24.1 Å². The van der Waals surface area contributed by atoms with Gasteiger partial charge in [-0.25, -0.2) is 5.43 Å². The number of rotatable bonds is 7. The van der Waals surface area contributed by atoms with Gasteiger partial charge in [0.15, 0.2) is 0 Å². The fourth-order valence-electron chi connectivity index (χ4n) is 2.15. The number of nitrogens with zero attached hydrogens (tertiary/aromatic N) is 1. The third-order valence-corrected chi connectivity index (χ3v) is 4.00. The number of hydrogen-bond acceptors (Lipinski definition) is 4. The predicted molar refractivity (Wildman–Crippen MR) is 110 cm³/mol. The summed E-state index contributed by atoms with van der Waals surface area (Å²) in [7, 11) is 0. The lowest BCUT2D eigenvalue weighted by Crippen LogP contribution is -2.24. The quantitative estimate of drug-likeness (QED) is 0.394. The number of amides is 2. The molecule has 27 heavy (non-hydrogen) atoms. The topological polar surface area (TPSA) is 79.8 Å². The Balaban J connectivity index is 1.83. The summed E-state index contributed by atoms with van der Waals surface area (Å²) in [4.78, 5) is 23.7. The van der Waals surface area contributed by atoms with E-state index in [1.807, 2.05) is 51.1 Å². The molecule has 0 aliphatic rings. The molecule has 2 amide bonds. The number of carbonyl (C=O) groups excluding carboxylic acids is 2. The molecule has 0 aliphatic heterocycles. The van der Waals surface area contributed by atoms with Crippen LogP contribution in [0.2, 0.25) is 0 Å². The van der Waals surface area contributed by atoms with Crippen molar-refractivity contribution in [3.8, 4) is 5.75 Å². The van der Waals surface area contributed by atoms with Gasteiger partial charge in [0.2, 0.25) is 11.8 Å². The van der Waals surface area contributed by atoms with Gasteiger partial charge < -0.3 is 10.1 Å². The molecular formula is C20H22BrN3O3. The molecule has 2 aromatic carbocycles. The average molecular weight is 432 g/mol. The highest BCUT2D eigenvalue weighted by molar-refractivity contribution is 9.10. The van der Waals surface area contributed by atoms with Crippen molar-refractivity contribution in [1.82, 2.24) is 5.43 Å². The maximum absolute atomic E-state index is 11.9. The van der Waals surface area contributed by atoms with Gasteiger partial charge in [0.1, 0.15) is 12.2 Å². The number of aryl methyl sites for hydroxylation is 1. The Kier molecular flexibility index (Phi) is 7.55. The fourth-order valence-corrected chi connectivity index (χ4v) is 2.64. The molecule has 0 saturated heterocycles. The maximum Gasteiger partial charge on any atom is 0.249 e. The van der Waals surface area contributed by atoms with Crippen molar-refractivity contribution in [2.24, 2.45) is 5.10 Å². The van der Waals surface area contributed by atoms with Gasteiger partial charge in [0.25, 0.3) is 0 Å². The molecule has 0 aliphatic carbocycles. The van der Waals surface area contributed by atoms with Crippen LogP contribution >= 0.6 is 15.9 Å². The number of benzene rings is 2. The molecule has 2 rings (SSSR count). The van der Waals surface area contributed by atoms with E-state index in [1.54, 1.807) is 12.1 Å². The monoisotopic (exact) mass is 431 g/mol. The molecule has 0 radical (unpaired) electrons. The van der Waals surface area contributed by atoms with Crippen LogP contribution in [0.5, 0.6) is 5.75 Å². The number of hydrazone groups is 1. The number of hydrogen-bond donors (Lipinski definition) is 2. The summed E-state index contributed by atoms with van der Waals surface area (Å²) < 4.78 is 6.43. The second-order valence-corrected chi connectivity index (χ2v) is 7.09. The summed E-state index contributed by atoms with van der Waals surface area (Å²) in [6.07, 6.45) is 1.27. The van der Waals surface area contributed by atoms with E-state index in [0.717, 1.165) is 21.3 Å². The number of carbonyl (C=O) groups is 2. The summed E-state index contributed by atoms with van der Waals surface area (Å²) in [6, 6.07) is 12.8. The Morgan fingerprint density at radius 2 is 1.85 bits per heavy atom. The summed E-state index contributed by atoms with van der Waals surface area (Å²) in [5, 5.41) is 6.54. The van der Waals surface area contributed by atoms with Crippen molar-refractivity contribution < 1.29 is 14.3 Å². The largest absolute Gasteiger partial charge is 0.490 e. The maximum atomic E-state index is 11.9. The van der Waals surface area contributed by atoms with Gasteiger partial charge in [-0.1, -0.05) is 17.7 Å². The van der Waals surface area contributed by atoms with E-state index < -0.39 is 11.8 Å². The van der Waals surface area contributed by atoms with E-state index in [0.29, 0.717) is 5.69 Å². The minimum Gasteiger partial charge on any atom is -0.490 e. The molecule has 6 nitrogen and oxygen atoms in total. The lowest BCUT2D eigenvalue weighted by molar-refractivity contribution is -0.126. The van der Waals surface area contributed by atoms with E-state index in [1.165, 1.54) is 6.21 Å². The second-order valence-electron chi connectivity index (χ2n) is 6.24. The molecule has 0 bridgehead atoms. The molecule has 0 fully saturated rings. The lowest BCUT2D eigenvalue weighted by Gasteiger charge is -2.11. The SMILES string of the molecule is Cc1ccc(NC(=O)CC(=O)NN=Cc2ccc(OC(C)C)c(Br)c2)cc1. The molecular weight excluding hydrogens is 410 g/mol.